The smallest absolute Gasteiger partial charge is 0.130 e. The van der Waals surface area contributed by atoms with Crippen molar-refractivity contribution in [3.05, 3.63) is 50.4 Å². The summed E-state index contributed by atoms with van der Waals surface area (Å²) in [6.45, 7) is 1.04. The standard InChI is InChI=1S/C11H9Cl2NOS/c12-10-4-11(13)14-5-8(10)6-15-7-9-2-1-3-16-9/h1-5H,6-7H2. The zero-order chi connectivity index (χ0) is 11.4. The van der Waals surface area contributed by atoms with E-state index in [1.54, 1.807) is 23.6 Å². The molecule has 0 N–H and O–H groups in total. The van der Waals surface area contributed by atoms with Crippen molar-refractivity contribution >= 4 is 34.5 Å². The van der Waals surface area contributed by atoms with Gasteiger partial charge in [0, 0.05) is 16.6 Å². The molecule has 0 aromatic carbocycles. The van der Waals surface area contributed by atoms with E-state index in [-0.39, 0.29) is 0 Å². The molecule has 0 saturated heterocycles. The summed E-state index contributed by atoms with van der Waals surface area (Å²) in [5.41, 5.74) is 0.850. The molecule has 0 aliphatic rings. The maximum atomic E-state index is 5.99. The van der Waals surface area contributed by atoms with Crippen LogP contribution < -0.4 is 0 Å². The molecule has 0 unspecified atom stereocenters. The molecule has 2 nitrogen and oxygen atoms in total. The Morgan fingerprint density at radius 2 is 2.19 bits per heavy atom. The van der Waals surface area contributed by atoms with Gasteiger partial charge in [-0.15, -0.1) is 11.3 Å². The summed E-state index contributed by atoms with van der Waals surface area (Å²) in [5.74, 6) is 0. The first-order valence-electron chi connectivity index (χ1n) is 4.66. The number of rotatable bonds is 4. The van der Waals surface area contributed by atoms with Gasteiger partial charge in [-0.3, -0.25) is 0 Å². The molecule has 16 heavy (non-hydrogen) atoms. The Bertz CT molecular complexity index is 459. The molecule has 0 fully saturated rings. The average molecular weight is 274 g/mol. The molecular formula is C11H9Cl2NOS. The first-order chi connectivity index (χ1) is 7.75. The highest BCUT2D eigenvalue weighted by Crippen LogP contribution is 2.20. The van der Waals surface area contributed by atoms with Crippen molar-refractivity contribution in [2.45, 2.75) is 13.2 Å². The lowest BCUT2D eigenvalue weighted by molar-refractivity contribution is 0.109. The fourth-order valence-corrected chi connectivity index (χ4v) is 2.26. The van der Waals surface area contributed by atoms with Crippen LogP contribution in [0.3, 0.4) is 0 Å². The molecule has 0 amide bonds. The van der Waals surface area contributed by atoms with Gasteiger partial charge >= 0.3 is 0 Å². The number of ether oxygens (including phenoxy) is 1. The van der Waals surface area contributed by atoms with E-state index >= 15 is 0 Å². The number of aromatic nitrogens is 1. The summed E-state index contributed by atoms with van der Waals surface area (Å²) in [6.07, 6.45) is 1.64. The van der Waals surface area contributed by atoms with Crippen molar-refractivity contribution < 1.29 is 4.74 Å². The van der Waals surface area contributed by atoms with Crippen LogP contribution in [0.1, 0.15) is 10.4 Å². The van der Waals surface area contributed by atoms with Crippen molar-refractivity contribution in [1.29, 1.82) is 0 Å². The van der Waals surface area contributed by atoms with Crippen LogP contribution in [0, 0.1) is 0 Å². The number of pyridine rings is 1. The third kappa shape index (κ3) is 3.19. The second-order valence-corrected chi connectivity index (χ2v) is 5.00. The molecule has 0 aliphatic carbocycles. The SMILES string of the molecule is Clc1cc(Cl)c(COCc2cccs2)cn1. The van der Waals surface area contributed by atoms with Crippen LogP contribution in [-0.4, -0.2) is 4.98 Å². The Balaban J connectivity index is 1.90. The molecule has 2 aromatic rings. The molecule has 0 bridgehead atoms. The zero-order valence-electron chi connectivity index (χ0n) is 8.32. The minimum atomic E-state index is 0.395. The van der Waals surface area contributed by atoms with Crippen molar-refractivity contribution in [2.24, 2.45) is 0 Å². The van der Waals surface area contributed by atoms with E-state index in [1.165, 1.54) is 4.88 Å². The number of nitrogens with zero attached hydrogens (tertiary/aromatic N) is 1. The van der Waals surface area contributed by atoms with Gasteiger partial charge in [-0.25, -0.2) is 4.98 Å². The fraction of sp³-hybridized carbons (Fsp3) is 0.182. The summed E-state index contributed by atoms with van der Waals surface area (Å²) in [5, 5.41) is 3.01. The molecule has 2 rings (SSSR count). The Kier molecular flexibility index (Phi) is 4.18. The van der Waals surface area contributed by atoms with Gasteiger partial charge in [0.1, 0.15) is 5.15 Å². The van der Waals surface area contributed by atoms with Gasteiger partial charge < -0.3 is 4.74 Å². The van der Waals surface area contributed by atoms with E-state index in [2.05, 4.69) is 4.98 Å². The Morgan fingerprint density at radius 3 is 2.88 bits per heavy atom. The second-order valence-electron chi connectivity index (χ2n) is 3.17. The van der Waals surface area contributed by atoms with Gasteiger partial charge in [0.2, 0.25) is 0 Å². The summed E-state index contributed by atoms with van der Waals surface area (Å²) in [6, 6.07) is 5.65. The second kappa shape index (κ2) is 5.64. The zero-order valence-corrected chi connectivity index (χ0v) is 10.6. The van der Waals surface area contributed by atoms with Gasteiger partial charge in [0.15, 0.2) is 0 Å². The number of halogens is 2. The molecule has 5 heteroatoms. The third-order valence-corrected chi connectivity index (χ3v) is 3.39. The Labute approximate surface area is 108 Å². The monoisotopic (exact) mass is 273 g/mol. The molecule has 0 radical (unpaired) electrons. The normalized spacial score (nSPS) is 10.6. The summed E-state index contributed by atoms with van der Waals surface area (Å²) >= 11 is 13.4. The highest BCUT2D eigenvalue weighted by Gasteiger charge is 2.02. The summed E-state index contributed by atoms with van der Waals surface area (Å²) < 4.78 is 5.53. The maximum Gasteiger partial charge on any atom is 0.130 e. The highest BCUT2D eigenvalue weighted by molar-refractivity contribution is 7.09. The predicted molar refractivity (Wildman–Crippen MR) is 67.1 cm³/mol. The van der Waals surface area contributed by atoms with Crippen molar-refractivity contribution in [2.75, 3.05) is 0 Å². The van der Waals surface area contributed by atoms with E-state index in [1.807, 2.05) is 17.5 Å². The van der Waals surface area contributed by atoms with Crippen LogP contribution in [0.5, 0.6) is 0 Å². The molecule has 2 aromatic heterocycles. The Hall–Kier alpha value is -0.610. The van der Waals surface area contributed by atoms with Crippen LogP contribution in [0.4, 0.5) is 0 Å². The lowest BCUT2D eigenvalue weighted by Gasteiger charge is -2.04. The third-order valence-electron chi connectivity index (χ3n) is 1.98. The molecular weight excluding hydrogens is 265 g/mol. The van der Waals surface area contributed by atoms with Crippen molar-refractivity contribution in [1.82, 2.24) is 4.98 Å². The quantitative estimate of drug-likeness (QED) is 0.781. The van der Waals surface area contributed by atoms with Gasteiger partial charge in [-0.2, -0.15) is 0 Å². The van der Waals surface area contributed by atoms with Gasteiger partial charge in [-0.05, 0) is 17.5 Å². The fourth-order valence-electron chi connectivity index (χ4n) is 1.20. The van der Waals surface area contributed by atoms with Crippen LogP contribution in [-0.2, 0) is 18.0 Å². The van der Waals surface area contributed by atoms with Crippen LogP contribution in [0.2, 0.25) is 10.2 Å². The van der Waals surface area contributed by atoms with Crippen molar-refractivity contribution in [3.8, 4) is 0 Å². The first kappa shape index (κ1) is 11.9. The predicted octanol–water partition coefficient (Wildman–Crippen LogP) is 4.17. The van der Waals surface area contributed by atoms with Crippen LogP contribution in [0.15, 0.2) is 29.8 Å². The summed E-state index contributed by atoms with van der Waals surface area (Å²) in [7, 11) is 0. The van der Waals surface area contributed by atoms with E-state index in [0.29, 0.717) is 23.4 Å². The van der Waals surface area contributed by atoms with Crippen LogP contribution in [0.25, 0.3) is 0 Å². The van der Waals surface area contributed by atoms with Crippen molar-refractivity contribution in [3.63, 3.8) is 0 Å². The molecule has 0 atom stereocenters. The number of hydrogen-bond donors (Lipinski definition) is 0. The Morgan fingerprint density at radius 1 is 1.31 bits per heavy atom. The van der Waals surface area contributed by atoms with E-state index in [4.69, 9.17) is 27.9 Å². The largest absolute Gasteiger partial charge is 0.371 e. The van der Waals surface area contributed by atoms with Gasteiger partial charge in [-0.1, -0.05) is 29.3 Å². The topological polar surface area (TPSA) is 22.1 Å². The minimum Gasteiger partial charge on any atom is -0.371 e. The van der Waals surface area contributed by atoms with E-state index in [9.17, 15) is 0 Å². The maximum absolute atomic E-state index is 5.99. The van der Waals surface area contributed by atoms with E-state index < -0.39 is 0 Å². The van der Waals surface area contributed by atoms with Gasteiger partial charge in [0.05, 0.1) is 18.2 Å². The molecule has 0 saturated carbocycles. The molecule has 0 spiro atoms. The van der Waals surface area contributed by atoms with Gasteiger partial charge in [0.25, 0.3) is 0 Å². The molecule has 2 heterocycles. The first-order valence-corrected chi connectivity index (χ1v) is 6.29. The molecule has 0 aliphatic heterocycles. The average Bonchev–Trinajstić information content (AvgIpc) is 2.74. The summed E-state index contributed by atoms with van der Waals surface area (Å²) in [4.78, 5) is 5.15. The lowest BCUT2D eigenvalue weighted by Crippen LogP contribution is -1.94. The number of thiophene rings is 1. The molecule has 84 valence electrons. The van der Waals surface area contributed by atoms with E-state index in [0.717, 1.165) is 5.56 Å². The highest BCUT2D eigenvalue weighted by atomic mass is 35.5. The van der Waals surface area contributed by atoms with Crippen LogP contribution >= 0.6 is 34.5 Å². The lowest BCUT2D eigenvalue weighted by atomic mass is 10.3. The minimum absolute atomic E-state index is 0.395. The number of hydrogen-bond acceptors (Lipinski definition) is 3.